The Bertz CT molecular complexity index is 805. The van der Waals surface area contributed by atoms with E-state index < -0.39 is 25.9 Å². The molecule has 0 bridgehead atoms. The smallest absolute Gasteiger partial charge is 0.411 e. The summed E-state index contributed by atoms with van der Waals surface area (Å²) in [5.41, 5.74) is -0.281. The maximum absolute atomic E-state index is 13.2. The molecule has 0 aromatic heterocycles. The van der Waals surface area contributed by atoms with E-state index in [-0.39, 0.29) is 24.3 Å². The van der Waals surface area contributed by atoms with E-state index in [0.717, 1.165) is 10.0 Å². The van der Waals surface area contributed by atoms with Gasteiger partial charge in [0.25, 0.3) is 0 Å². The zero-order valence-electron chi connectivity index (χ0n) is 19.4. The summed E-state index contributed by atoms with van der Waals surface area (Å²) in [6.45, 7) is 14.8. The third kappa shape index (κ3) is 5.78. The van der Waals surface area contributed by atoms with Crippen LogP contribution in [0.4, 0.5) is 4.79 Å². The lowest BCUT2D eigenvalue weighted by atomic mass is 9.87. The molecule has 1 aromatic rings. The Labute approximate surface area is 195 Å². The molecule has 172 valence electrons. The van der Waals surface area contributed by atoms with Crippen molar-refractivity contribution in [3.05, 3.63) is 47.0 Å². The third-order valence-corrected chi connectivity index (χ3v) is 11.3. The average Bonchev–Trinajstić information content (AvgIpc) is 3.04. The van der Waals surface area contributed by atoms with Crippen molar-refractivity contribution < 1.29 is 23.5 Å². The highest BCUT2D eigenvalue weighted by Crippen LogP contribution is 2.42. The second-order valence-electron chi connectivity index (χ2n) is 9.51. The van der Waals surface area contributed by atoms with Gasteiger partial charge < -0.3 is 13.9 Å². The van der Waals surface area contributed by atoms with Crippen LogP contribution in [0.2, 0.25) is 18.1 Å². The number of nitrogens with zero attached hydrogens (tertiary/aromatic N) is 1. The minimum Gasteiger partial charge on any atom is -0.467 e. The molecule has 1 aliphatic heterocycles. The number of hydrogen-bond acceptors (Lipinski definition) is 5. The molecular weight excluding hydrogens is 478 g/mol. The summed E-state index contributed by atoms with van der Waals surface area (Å²) < 4.78 is 18.1. The fraction of sp³-hybridized carbons (Fsp3) is 0.565. The van der Waals surface area contributed by atoms with Crippen LogP contribution in [-0.2, 0) is 25.1 Å². The Balaban J connectivity index is 2.45. The van der Waals surface area contributed by atoms with Gasteiger partial charge in [-0.25, -0.2) is 9.59 Å². The molecule has 2 rings (SSSR count). The van der Waals surface area contributed by atoms with Crippen molar-refractivity contribution in [2.45, 2.75) is 63.4 Å². The predicted octanol–water partition coefficient (Wildman–Crippen LogP) is 5.32. The fourth-order valence-electron chi connectivity index (χ4n) is 3.62. The minimum absolute atomic E-state index is 0.00337. The van der Waals surface area contributed by atoms with E-state index in [4.69, 9.17) is 13.9 Å². The number of amides is 1. The first kappa shape index (κ1) is 25.6. The molecule has 2 atom stereocenters. The Hall–Kier alpha value is -1.64. The van der Waals surface area contributed by atoms with Crippen molar-refractivity contribution in [1.82, 2.24) is 4.90 Å². The normalized spacial score (nSPS) is 21.6. The fourth-order valence-corrected chi connectivity index (χ4v) is 5.23. The largest absolute Gasteiger partial charge is 0.467 e. The predicted molar refractivity (Wildman–Crippen MR) is 128 cm³/mol. The summed E-state index contributed by atoms with van der Waals surface area (Å²) in [5, 5.41) is 0.00337. The number of carbonyl (C=O) groups is 2. The molecule has 0 spiro atoms. The molecule has 1 heterocycles. The standard InChI is InChI=1S/C23H34BrNO5Si/c1-8-13-29-21(27)25-16-19(30-31(6,7)22(2,3)4)15-23(25,20(26)28-5)14-17-9-11-18(24)12-10-17/h8-12,19H,1,13-16H2,2-7H3/t19-,23+/m1/s1. The van der Waals surface area contributed by atoms with Gasteiger partial charge in [-0.2, -0.15) is 0 Å². The van der Waals surface area contributed by atoms with E-state index in [9.17, 15) is 9.59 Å². The van der Waals surface area contributed by atoms with E-state index >= 15 is 0 Å². The van der Waals surface area contributed by atoms with Gasteiger partial charge in [-0.1, -0.05) is 61.5 Å². The molecule has 1 aliphatic rings. The second-order valence-corrected chi connectivity index (χ2v) is 15.2. The quantitative estimate of drug-likeness (QED) is 0.281. The first-order valence-corrected chi connectivity index (χ1v) is 14.1. The molecular formula is C23H34BrNO5Si. The molecule has 0 saturated carbocycles. The number of halogens is 1. The number of likely N-dealkylation sites (tertiary alicyclic amines) is 1. The third-order valence-electron chi connectivity index (χ3n) is 6.26. The van der Waals surface area contributed by atoms with Gasteiger partial charge in [0, 0.05) is 17.3 Å². The molecule has 8 heteroatoms. The van der Waals surface area contributed by atoms with Crippen molar-refractivity contribution in [3.63, 3.8) is 0 Å². The molecule has 0 aliphatic carbocycles. The highest BCUT2D eigenvalue weighted by atomic mass is 79.9. The van der Waals surface area contributed by atoms with Crippen LogP contribution >= 0.6 is 15.9 Å². The van der Waals surface area contributed by atoms with E-state index in [1.165, 1.54) is 18.1 Å². The number of benzene rings is 1. The van der Waals surface area contributed by atoms with Crippen LogP contribution in [0.3, 0.4) is 0 Å². The van der Waals surface area contributed by atoms with Crippen LogP contribution < -0.4 is 0 Å². The van der Waals surface area contributed by atoms with Gasteiger partial charge in [0.2, 0.25) is 0 Å². The van der Waals surface area contributed by atoms with Crippen molar-refractivity contribution in [2.24, 2.45) is 0 Å². The van der Waals surface area contributed by atoms with Crippen LogP contribution in [0, 0.1) is 0 Å². The van der Waals surface area contributed by atoms with E-state index in [1.807, 2.05) is 24.3 Å². The van der Waals surface area contributed by atoms with Gasteiger partial charge in [0.05, 0.1) is 19.8 Å². The topological polar surface area (TPSA) is 65.1 Å². The lowest BCUT2D eigenvalue weighted by Crippen LogP contribution is -2.55. The Kier molecular flexibility index (Phi) is 8.16. The summed E-state index contributed by atoms with van der Waals surface area (Å²) >= 11 is 3.44. The summed E-state index contributed by atoms with van der Waals surface area (Å²) in [5.74, 6) is -0.465. The lowest BCUT2D eigenvalue weighted by Gasteiger charge is -2.38. The molecule has 1 aromatic carbocycles. The molecule has 0 N–H and O–H groups in total. The molecule has 31 heavy (non-hydrogen) atoms. The van der Waals surface area contributed by atoms with Crippen molar-refractivity contribution in [1.29, 1.82) is 0 Å². The maximum Gasteiger partial charge on any atom is 0.411 e. The van der Waals surface area contributed by atoms with E-state index in [2.05, 4.69) is 56.4 Å². The van der Waals surface area contributed by atoms with E-state index in [1.54, 1.807) is 0 Å². The molecule has 0 radical (unpaired) electrons. The first-order chi connectivity index (χ1) is 14.4. The highest BCUT2D eigenvalue weighted by Gasteiger charge is 2.56. The molecule has 1 saturated heterocycles. The summed E-state index contributed by atoms with van der Waals surface area (Å²) in [4.78, 5) is 27.6. The van der Waals surface area contributed by atoms with Crippen LogP contribution in [0.25, 0.3) is 0 Å². The Morgan fingerprint density at radius 2 is 1.90 bits per heavy atom. The number of ether oxygens (including phenoxy) is 2. The van der Waals surface area contributed by atoms with Crippen LogP contribution in [0.5, 0.6) is 0 Å². The van der Waals surface area contributed by atoms with Gasteiger partial charge >= 0.3 is 12.1 Å². The summed E-state index contributed by atoms with van der Waals surface area (Å²) in [6, 6.07) is 7.70. The Morgan fingerprint density at radius 1 is 1.29 bits per heavy atom. The Morgan fingerprint density at radius 3 is 2.42 bits per heavy atom. The van der Waals surface area contributed by atoms with Crippen molar-refractivity contribution >= 4 is 36.3 Å². The van der Waals surface area contributed by atoms with Gasteiger partial charge in [-0.3, -0.25) is 4.90 Å². The van der Waals surface area contributed by atoms with Crippen LogP contribution in [-0.4, -0.2) is 57.2 Å². The van der Waals surface area contributed by atoms with Crippen LogP contribution in [0.1, 0.15) is 32.8 Å². The zero-order valence-corrected chi connectivity index (χ0v) is 22.0. The zero-order chi connectivity index (χ0) is 23.4. The van der Waals surface area contributed by atoms with Gasteiger partial charge in [-0.05, 0) is 35.8 Å². The number of methoxy groups -OCH3 is 1. The van der Waals surface area contributed by atoms with Crippen molar-refractivity contribution in [2.75, 3.05) is 20.3 Å². The lowest BCUT2D eigenvalue weighted by molar-refractivity contribution is -0.152. The van der Waals surface area contributed by atoms with Gasteiger partial charge in [0.1, 0.15) is 12.1 Å². The molecule has 1 fully saturated rings. The van der Waals surface area contributed by atoms with Crippen LogP contribution in [0.15, 0.2) is 41.4 Å². The number of carbonyl (C=O) groups excluding carboxylic acids is 2. The second kappa shape index (κ2) is 9.88. The maximum atomic E-state index is 13.2. The highest BCUT2D eigenvalue weighted by molar-refractivity contribution is 9.10. The molecule has 0 unspecified atom stereocenters. The monoisotopic (exact) mass is 511 g/mol. The SMILES string of the molecule is C=CCOC(=O)N1C[C@H](O[Si](C)(C)C(C)(C)C)C[C@@]1(Cc1ccc(Br)cc1)C(=O)OC. The average molecular weight is 513 g/mol. The molecule has 1 amide bonds. The van der Waals surface area contributed by atoms with Crippen molar-refractivity contribution in [3.8, 4) is 0 Å². The number of rotatable bonds is 7. The van der Waals surface area contributed by atoms with Gasteiger partial charge in [0.15, 0.2) is 8.32 Å². The summed E-state index contributed by atoms with van der Waals surface area (Å²) in [7, 11) is -0.772. The minimum atomic E-state index is -2.12. The summed E-state index contributed by atoms with van der Waals surface area (Å²) in [6.07, 6.45) is 1.32. The van der Waals surface area contributed by atoms with Gasteiger partial charge in [-0.15, -0.1) is 0 Å². The number of esters is 1. The molecule has 6 nitrogen and oxygen atoms in total. The first-order valence-electron chi connectivity index (χ1n) is 10.4. The van der Waals surface area contributed by atoms with E-state index in [0.29, 0.717) is 12.8 Å². The number of hydrogen-bond donors (Lipinski definition) is 0.